The van der Waals surface area contributed by atoms with Gasteiger partial charge in [-0.25, -0.2) is 4.79 Å². The molecule has 31 heavy (non-hydrogen) atoms. The topological polar surface area (TPSA) is 97.6 Å². The zero-order valence-electron chi connectivity index (χ0n) is 17.6. The number of pyridine rings is 1. The van der Waals surface area contributed by atoms with E-state index in [1.54, 1.807) is 49.6 Å². The minimum Gasteiger partial charge on any atom is -0.497 e. The van der Waals surface area contributed by atoms with Crippen molar-refractivity contribution in [3.63, 3.8) is 0 Å². The highest BCUT2D eigenvalue weighted by molar-refractivity contribution is 5.96. The van der Waals surface area contributed by atoms with Gasteiger partial charge in [0.05, 0.1) is 13.7 Å². The molecule has 7 heteroatoms. The second-order valence-corrected chi connectivity index (χ2v) is 7.22. The van der Waals surface area contributed by atoms with E-state index < -0.39 is 23.5 Å². The SMILES string of the molecule is COc1ccc(Cn2c(C)c(C)cc(C(=O)N[C@H](C(=O)O)c3ccccc3)c2=O)cc1. The summed E-state index contributed by atoms with van der Waals surface area (Å²) in [4.78, 5) is 37.8. The number of ether oxygens (including phenoxy) is 1. The van der Waals surface area contributed by atoms with Gasteiger partial charge < -0.3 is 19.7 Å². The molecule has 1 amide bonds. The molecule has 0 aliphatic carbocycles. The van der Waals surface area contributed by atoms with Gasteiger partial charge in [0.2, 0.25) is 0 Å². The predicted octanol–water partition coefficient (Wildman–Crippen LogP) is 3.08. The van der Waals surface area contributed by atoms with Crippen LogP contribution in [-0.2, 0) is 11.3 Å². The Balaban J connectivity index is 1.94. The first-order chi connectivity index (χ1) is 14.8. The van der Waals surface area contributed by atoms with Crippen LogP contribution in [-0.4, -0.2) is 28.7 Å². The van der Waals surface area contributed by atoms with E-state index >= 15 is 0 Å². The minimum absolute atomic E-state index is 0.0983. The third-order valence-electron chi connectivity index (χ3n) is 5.21. The maximum absolute atomic E-state index is 13.1. The fraction of sp³-hybridized carbons (Fsp3) is 0.208. The fourth-order valence-corrected chi connectivity index (χ4v) is 3.30. The molecule has 1 atom stereocenters. The first-order valence-corrected chi connectivity index (χ1v) is 9.74. The van der Waals surface area contributed by atoms with Crippen LogP contribution in [0.3, 0.4) is 0 Å². The summed E-state index contributed by atoms with van der Waals surface area (Å²) in [7, 11) is 1.58. The van der Waals surface area contributed by atoms with Crippen molar-refractivity contribution in [3.8, 4) is 5.75 Å². The van der Waals surface area contributed by atoms with Gasteiger partial charge in [-0.1, -0.05) is 42.5 Å². The van der Waals surface area contributed by atoms with Gasteiger partial charge >= 0.3 is 5.97 Å². The normalized spacial score (nSPS) is 11.6. The predicted molar refractivity (Wildman–Crippen MR) is 117 cm³/mol. The van der Waals surface area contributed by atoms with Crippen molar-refractivity contribution in [2.75, 3.05) is 7.11 Å². The number of nitrogens with zero attached hydrogens (tertiary/aromatic N) is 1. The Bertz CT molecular complexity index is 1150. The van der Waals surface area contributed by atoms with Crippen molar-refractivity contribution in [2.45, 2.75) is 26.4 Å². The molecular formula is C24H24N2O5. The molecule has 1 heterocycles. The molecule has 3 rings (SSSR count). The van der Waals surface area contributed by atoms with Gasteiger partial charge in [-0.15, -0.1) is 0 Å². The lowest BCUT2D eigenvalue weighted by atomic mass is 10.1. The average Bonchev–Trinajstić information content (AvgIpc) is 2.78. The molecule has 1 aromatic heterocycles. The number of benzene rings is 2. The standard InChI is InChI=1S/C24H24N2O5/c1-15-13-20(22(27)25-21(24(29)30)18-7-5-4-6-8-18)23(28)26(16(15)2)14-17-9-11-19(31-3)12-10-17/h4-13,21H,14H2,1-3H3,(H,25,27)(H,29,30)/t21-/m0/s1. The number of methoxy groups -OCH3 is 1. The number of carbonyl (C=O) groups is 2. The third kappa shape index (κ3) is 4.83. The molecule has 0 radical (unpaired) electrons. The summed E-state index contributed by atoms with van der Waals surface area (Å²) in [6.45, 7) is 3.89. The monoisotopic (exact) mass is 420 g/mol. The lowest BCUT2D eigenvalue weighted by molar-refractivity contribution is -0.139. The summed E-state index contributed by atoms with van der Waals surface area (Å²) in [6.07, 6.45) is 0. The van der Waals surface area contributed by atoms with E-state index in [4.69, 9.17) is 4.74 Å². The molecule has 2 aromatic carbocycles. The molecular weight excluding hydrogens is 396 g/mol. The maximum atomic E-state index is 13.1. The van der Waals surface area contributed by atoms with E-state index in [-0.39, 0.29) is 12.1 Å². The van der Waals surface area contributed by atoms with E-state index in [0.29, 0.717) is 11.3 Å². The van der Waals surface area contributed by atoms with Crippen molar-refractivity contribution in [3.05, 3.63) is 99.0 Å². The smallest absolute Gasteiger partial charge is 0.330 e. The number of carboxylic acid groups (broad SMARTS) is 1. The summed E-state index contributed by atoms with van der Waals surface area (Å²) in [5.74, 6) is -1.23. The van der Waals surface area contributed by atoms with Crippen molar-refractivity contribution >= 4 is 11.9 Å². The first-order valence-electron chi connectivity index (χ1n) is 9.74. The van der Waals surface area contributed by atoms with Crippen molar-refractivity contribution in [2.24, 2.45) is 0 Å². The number of hydrogen-bond donors (Lipinski definition) is 2. The summed E-state index contributed by atoms with van der Waals surface area (Å²) in [5, 5.41) is 12.0. The lowest BCUT2D eigenvalue weighted by Gasteiger charge is -2.17. The Morgan fingerprint density at radius 3 is 2.29 bits per heavy atom. The molecule has 160 valence electrons. The van der Waals surface area contributed by atoms with E-state index in [2.05, 4.69) is 5.32 Å². The molecule has 0 aliphatic rings. The Hall–Kier alpha value is -3.87. The lowest BCUT2D eigenvalue weighted by Crippen LogP contribution is -2.38. The summed E-state index contributed by atoms with van der Waals surface area (Å²) < 4.78 is 6.68. The quantitative estimate of drug-likeness (QED) is 0.612. The highest BCUT2D eigenvalue weighted by atomic mass is 16.5. The molecule has 7 nitrogen and oxygen atoms in total. The largest absolute Gasteiger partial charge is 0.497 e. The van der Waals surface area contributed by atoms with Crippen LogP contribution in [0.4, 0.5) is 0 Å². The Morgan fingerprint density at radius 2 is 1.71 bits per heavy atom. The highest BCUT2D eigenvalue weighted by Gasteiger charge is 2.25. The van der Waals surface area contributed by atoms with E-state index in [1.165, 1.54) is 10.6 Å². The zero-order valence-corrected chi connectivity index (χ0v) is 17.6. The number of nitrogens with one attached hydrogen (secondary N) is 1. The van der Waals surface area contributed by atoms with Gasteiger partial charge in [-0.2, -0.15) is 0 Å². The fourth-order valence-electron chi connectivity index (χ4n) is 3.30. The summed E-state index contributed by atoms with van der Waals surface area (Å²) >= 11 is 0. The number of amides is 1. The van der Waals surface area contributed by atoms with Crippen molar-refractivity contribution < 1.29 is 19.4 Å². The second-order valence-electron chi connectivity index (χ2n) is 7.22. The summed E-state index contributed by atoms with van der Waals surface area (Å²) in [6, 6.07) is 15.9. The first kappa shape index (κ1) is 21.8. The number of hydrogen-bond acceptors (Lipinski definition) is 4. The molecule has 0 saturated carbocycles. The van der Waals surface area contributed by atoms with E-state index in [0.717, 1.165) is 16.8 Å². The number of carbonyl (C=O) groups excluding carboxylic acids is 1. The van der Waals surface area contributed by atoms with Gasteiger partial charge in [0.25, 0.3) is 11.5 Å². The van der Waals surface area contributed by atoms with Crippen LogP contribution in [0, 0.1) is 13.8 Å². The van der Waals surface area contributed by atoms with Crippen molar-refractivity contribution in [1.82, 2.24) is 9.88 Å². The number of aromatic nitrogens is 1. The molecule has 0 bridgehead atoms. The van der Waals surface area contributed by atoms with Crippen LogP contribution in [0.15, 0.2) is 65.5 Å². The van der Waals surface area contributed by atoms with Crippen LogP contribution in [0.25, 0.3) is 0 Å². The molecule has 2 N–H and O–H groups in total. The highest BCUT2D eigenvalue weighted by Crippen LogP contribution is 2.16. The minimum atomic E-state index is -1.26. The second kappa shape index (κ2) is 9.30. The zero-order chi connectivity index (χ0) is 22.5. The molecule has 0 fully saturated rings. The molecule has 0 aliphatic heterocycles. The van der Waals surface area contributed by atoms with Crippen LogP contribution in [0.1, 0.15) is 38.8 Å². The van der Waals surface area contributed by atoms with Crippen LogP contribution >= 0.6 is 0 Å². The number of aryl methyl sites for hydroxylation is 1. The Morgan fingerprint density at radius 1 is 1.06 bits per heavy atom. The molecule has 3 aromatic rings. The maximum Gasteiger partial charge on any atom is 0.330 e. The third-order valence-corrected chi connectivity index (χ3v) is 5.21. The van der Waals surface area contributed by atoms with Gasteiger partial charge in [0.1, 0.15) is 11.3 Å². The van der Waals surface area contributed by atoms with Crippen LogP contribution < -0.4 is 15.6 Å². The number of aliphatic carboxylic acids is 1. The Labute approximate surface area is 179 Å². The van der Waals surface area contributed by atoms with Crippen molar-refractivity contribution in [1.29, 1.82) is 0 Å². The van der Waals surface area contributed by atoms with Gasteiger partial charge in [0.15, 0.2) is 6.04 Å². The van der Waals surface area contributed by atoms with Crippen LogP contribution in [0.5, 0.6) is 5.75 Å². The Kier molecular flexibility index (Phi) is 6.55. The molecule has 0 saturated heterocycles. The number of carboxylic acids is 1. The van der Waals surface area contributed by atoms with Crippen LogP contribution in [0.2, 0.25) is 0 Å². The van der Waals surface area contributed by atoms with Gasteiger partial charge in [-0.05, 0) is 48.7 Å². The molecule has 0 unspecified atom stereocenters. The average molecular weight is 420 g/mol. The van der Waals surface area contributed by atoms with Gasteiger partial charge in [0, 0.05) is 5.69 Å². The summed E-state index contributed by atoms with van der Waals surface area (Å²) in [5.41, 5.74) is 2.20. The number of rotatable bonds is 7. The van der Waals surface area contributed by atoms with E-state index in [9.17, 15) is 19.5 Å². The molecule has 0 spiro atoms. The van der Waals surface area contributed by atoms with Gasteiger partial charge in [-0.3, -0.25) is 9.59 Å². The van der Waals surface area contributed by atoms with E-state index in [1.807, 2.05) is 26.0 Å².